The number of aliphatic hydroxyl groups is 1. The van der Waals surface area contributed by atoms with Gasteiger partial charge in [-0.25, -0.2) is 18.6 Å². The van der Waals surface area contributed by atoms with Gasteiger partial charge in [-0.1, -0.05) is 36.3 Å². The summed E-state index contributed by atoms with van der Waals surface area (Å²) >= 11 is 1.24. The van der Waals surface area contributed by atoms with E-state index in [0.717, 1.165) is 23.8 Å². The summed E-state index contributed by atoms with van der Waals surface area (Å²) in [7, 11) is 1.76. The average Bonchev–Trinajstić information content (AvgIpc) is 3.76. The highest BCUT2D eigenvalue weighted by Gasteiger charge is 2.49. The van der Waals surface area contributed by atoms with Gasteiger partial charge in [0, 0.05) is 48.5 Å². The highest BCUT2D eigenvalue weighted by atomic mass is 32.1. The Kier molecular flexibility index (Phi) is 10.6. The Hall–Kier alpha value is -5.30. The molecule has 3 heterocycles. The summed E-state index contributed by atoms with van der Waals surface area (Å²) in [5.41, 5.74) is 0.0344. The van der Waals surface area contributed by atoms with E-state index in [1.807, 2.05) is 6.08 Å². The molecule has 15 heteroatoms. The van der Waals surface area contributed by atoms with Gasteiger partial charge < -0.3 is 19.5 Å². The van der Waals surface area contributed by atoms with Crippen LogP contribution < -0.4 is 5.32 Å². The maximum Gasteiger partial charge on any atom is 0.412 e. The minimum Gasteiger partial charge on any atom is -0.461 e. The Balaban J connectivity index is 1.37. The second kappa shape index (κ2) is 14.9. The average molecular weight is 691 g/mol. The van der Waals surface area contributed by atoms with Crippen LogP contribution in [0.15, 0.2) is 81.5 Å². The zero-order valence-electron chi connectivity index (χ0n) is 27.0. The van der Waals surface area contributed by atoms with Crippen molar-refractivity contribution in [1.29, 1.82) is 5.26 Å². The van der Waals surface area contributed by atoms with Crippen LogP contribution >= 0.6 is 11.3 Å². The molecule has 0 saturated heterocycles. The SMILES string of the molecule is CC(=O)OCC1=C(NC(=O)OCC[N+]2(C[C@](O)(c3cc(F)ccc3F)[C@@H](C)c3nc(-c4ccc(C#N)cc4)cs3)C=NC=N2)N(C)CC=C1. The summed E-state index contributed by atoms with van der Waals surface area (Å²) in [6, 6.07) is 11.8. The maximum absolute atomic E-state index is 15.5. The Bertz CT molecular complexity index is 1870. The molecule has 49 heavy (non-hydrogen) atoms. The van der Waals surface area contributed by atoms with E-state index in [9.17, 15) is 19.1 Å². The van der Waals surface area contributed by atoms with Crippen LogP contribution in [-0.4, -0.2) is 84.2 Å². The number of ether oxygens (including phenoxy) is 2. The number of quaternary nitrogens is 1. The first-order valence-corrected chi connectivity index (χ1v) is 16.1. The van der Waals surface area contributed by atoms with Crippen LogP contribution in [0.2, 0.25) is 0 Å². The van der Waals surface area contributed by atoms with Gasteiger partial charge in [0.1, 0.15) is 43.8 Å². The van der Waals surface area contributed by atoms with E-state index in [2.05, 4.69) is 21.5 Å². The van der Waals surface area contributed by atoms with E-state index in [1.54, 1.807) is 54.6 Å². The molecule has 0 spiro atoms. The summed E-state index contributed by atoms with van der Waals surface area (Å²) in [6.45, 7) is 2.90. The summed E-state index contributed by atoms with van der Waals surface area (Å²) in [6.07, 6.45) is 5.53. The predicted molar refractivity (Wildman–Crippen MR) is 178 cm³/mol. The molecule has 0 fully saturated rings. The van der Waals surface area contributed by atoms with Crippen molar-refractivity contribution in [3.63, 3.8) is 0 Å². The number of halogens is 2. The number of nitrogens with one attached hydrogen (secondary N) is 1. The number of thiazole rings is 1. The standard InChI is InChI=1S/C34H33F2N7O5S/c1-22(32-40-30(18-49-32)25-8-6-24(16-37)7-9-25)34(46,28-15-27(35)10-11-29(28)36)19-43(21-38-20-39-43)13-14-47-33(45)41-31-26(17-48-23(2)44)5-4-12-42(31)3/h4-11,15,18,20-22,46H,12-14,17,19H2,1-3H3/p+1/t22-,34+,43?/m0/s1. The van der Waals surface area contributed by atoms with Gasteiger partial charge in [-0.2, -0.15) is 10.3 Å². The fraction of sp³-hybridized carbons (Fsp3) is 0.294. The number of aliphatic imine (C=N–C) groups is 1. The van der Waals surface area contributed by atoms with Crippen LogP contribution in [0.4, 0.5) is 13.6 Å². The van der Waals surface area contributed by atoms with Gasteiger partial charge in [0.05, 0.1) is 22.3 Å². The number of nitrogens with zero attached hydrogens (tertiary/aromatic N) is 6. The van der Waals surface area contributed by atoms with Crippen molar-refractivity contribution in [3.05, 3.63) is 99.2 Å². The third-order valence-corrected chi connectivity index (χ3v) is 9.23. The molecule has 2 N–H and O–H groups in total. The fourth-order valence-electron chi connectivity index (χ4n) is 5.50. The molecule has 1 unspecified atom stereocenters. The topological polar surface area (TPSA) is 150 Å². The van der Waals surface area contributed by atoms with Crippen LogP contribution in [0.3, 0.4) is 0 Å². The number of rotatable bonds is 12. The molecule has 5 rings (SSSR count). The lowest BCUT2D eigenvalue weighted by Crippen LogP contribution is -2.54. The molecule has 254 valence electrons. The Labute approximate surface area is 285 Å². The number of aromatic nitrogens is 1. The van der Waals surface area contributed by atoms with E-state index >= 15 is 4.39 Å². The number of carbonyl (C=O) groups is 2. The predicted octanol–water partition coefficient (Wildman–Crippen LogP) is 4.76. The smallest absolute Gasteiger partial charge is 0.412 e. The molecule has 0 radical (unpaired) electrons. The van der Waals surface area contributed by atoms with Crippen molar-refractivity contribution >= 4 is 36.1 Å². The van der Waals surface area contributed by atoms with Gasteiger partial charge in [0.25, 0.3) is 0 Å². The number of hydrogen-bond acceptors (Lipinski definition) is 11. The van der Waals surface area contributed by atoms with Gasteiger partial charge in [-0.05, 0) is 30.3 Å². The first kappa shape index (κ1) is 35.0. The number of benzene rings is 2. The van der Waals surface area contributed by atoms with Crippen LogP contribution in [0.1, 0.15) is 35.9 Å². The highest BCUT2D eigenvalue weighted by molar-refractivity contribution is 7.10. The lowest BCUT2D eigenvalue weighted by atomic mass is 9.81. The fourth-order valence-corrected chi connectivity index (χ4v) is 6.47. The van der Waals surface area contributed by atoms with Crippen LogP contribution in [-0.2, 0) is 19.9 Å². The zero-order valence-corrected chi connectivity index (χ0v) is 27.8. The molecular weight excluding hydrogens is 656 g/mol. The number of amides is 1. The zero-order chi connectivity index (χ0) is 35.2. The molecule has 1 aromatic heterocycles. The molecule has 0 saturated carbocycles. The van der Waals surface area contributed by atoms with Crippen LogP contribution in [0, 0.1) is 23.0 Å². The van der Waals surface area contributed by atoms with Crippen molar-refractivity contribution in [3.8, 4) is 17.3 Å². The van der Waals surface area contributed by atoms with E-state index in [-0.39, 0.29) is 31.9 Å². The molecule has 0 bridgehead atoms. The normalized spacial score (nSPS) is 18.6. The Morgan fingerprint density at radius 3 is 2.69 bits per heavy atom. The van der Waals surface area contributed by atoms with Gasteiger partial charge >= 0.3 is 12.1 Å². The van der Waals surface area contributed by atoms with Gasteiger partial charge in [0.2, 0.25) is 6.34 Å². The monoisotopic (exact) mass is 690 g/mol. The van der Waals surface area contributed by atoms with Gasteiger partial charge in [-0.15, -0.1) is 15.9 Å². The number of carbonyl (C=O) groups excluding carboxylic acids is 2. The summed E-state index contributed by atoms with van der Waals surface area (Å²) < 4.78 is 40.2. The number of nitriles is 1. The third kappa shape index (κ3) is 8.06. The summed E-state index contributed by atoms with van der Waals surface area (Å²) in [4.78, 5) is 34.8. The van der Waals surface area contributed by atoms with E-state index in [1.165, 1.54) is 30.9 Å². The highest BCUT2D eigenvalue weighted by Crippen LogP contribution is 2.42. The van der Waals surface area contributed by atoms with Gasteiger partial charge in [-0.3, -0.25) is 10.1 Å². The second-order valence-electron chi connectivity index (χ2n) is 11.6. The quantitative estimate of drug-likeness (QED) is 0.204. The first-order chi connectivity index (χ1) is 23.4. The largest absolute Gasteiger partial charge is 0.461 e. The minimum atomic E-state index is -2.07. The first-order valence-electron chi connectivity index (χ1n) is 15.2. The molecule has 3 aromatic rings. The van der Waals surface area contributed by atoms with Crippen LogP contribution in [0.5, 0.6) is 0 Å². The number of esters is 1. The van der Waals surface area contributed by atoms with Crippen molar-refractivity contribution < 1.29 is 37.5 Å². The lowest BCUT2D eigenvalue weighted by molar-refractivity contribution is -0.848. The molecule has 12 nitrogen and oxygen atoms in total. The van der Waals surface area contributed by atoms with Crippen molar-refractivity contribution in [1.82, 2.24) is 15.2 Å². The van der Waals surface area contributed by atoms with Crippen LogP contribution in [0.25, 0.3) is 11.3 Å². The lowest BCUT2D eigenvalue weighted by Gasteiger charge is -2.38. The van der Waals surface area contributed by atoms with E-state index in [4.69, 9.17) is 19.7 Å². The molecule has 2 aliphatic heterocycles. The molecule has 0 aliphatic carbocycles. The number of alkyl carbamates (subject to hydrolysis) is 1. The van der Waals surface area contributed by atoms with E-state index < -0.39 is 39.8 Å². The van der Waals surface area contributed by atoms with Crippen molar-refractivity contribution in [2.45, 2.75) is 25.4 Å². The number of likely N-dealkylation sites (N-methyl/N-ethyl adjacent to an activating group) is 1. The third-order valence-electron chi connectivity index (χ3n) is 8.21. The minimum absolute atomic E-state index is 0.0111. The van der Waals surface area contributed by atoms with E-state index in [0.29, 0.717) is 34.2 Å². The molecule has 2 aliphatic rings. The van der Waals surface area contributed by atoms with Gasteiger partial charge in [0.15, 0.2) is 11.9 Å². The summed E-state index contributed by atoms with van der Waals surface area (Å²) in [5, 5.41) is 31.0. The number of hydrogen-bond donors (Lipinski definition) is 2. The molecule has 1 amide bonds. The van der Waals surface area contributed by atoms with Crippen molar-refractivity contribution in [2.24, 2.45) is 10.1 Å². The maximum atomic E-state index is 15.5. The Morgan fingerprint density at radius 1 is 1.22 bits per heavy atom. The second-order valence-corrected chi connectivity index (χ2v) is 12.5. The Morgan fingerprint density at radius 2 is 2.00 bits per heavy atom. The molecular formula is C34H34F2N7O5S+. The summed E-state index contributed by atoms with van der Waals surface area (Å²) in [5.74, 6) is -2.49. The van der Waals surface area contributed by atoms with Crippen molar-refractivity contribution in [2.75, 3.05) is 39.9 Å². The molecule has 3 atom stereocenters. The molecule has 2 aromatic carbocycles.